The predicted octanol–water partition coefficient (Wildman–Crippen LogP) is 0.702. The van der Waals surface area contributed by atoms with Gasteiger partial charge in [0.1, 0.15) is 13.2 Å². The average molecular weight is 225 g/mol. The zero-order valence-corrected chi connectivity index (χ0v) is 8.42. The number of carbonyl (C=O) groups is 2. The number of nitrogens with zero attached hydrogens (tertiary/aromatic N) is 2. The fourth-order valence-electron chi connectivity index (χ4n) is 0.942. The first kappa shape index (κ1) is 11.8. The minimum absolute atomic E-state index is 0.106. The third kappa shape index (κ3) is 3.82. The van der Waals surface area contributed by atoms with Gasteiger partial charge < -0.3 is 9.84 Å². The van der Waals surface area contributed by atoms with Gasteiger partial charge in [-0.05, 0) is 0 Å². The summed E-state index contributed by atoms with van der Waals surface area (Å²) in [6.45, 7) is 3.24. The molecule has 0 aromatic carbocycles. The number of rotatable bonds is 5. The average Bonchev–Trinajstić information content (AvgIpc) is 2.61. The normalized spacial score (nSPS) is 9.50. The Labute approximate surface area is 91.3 Å². The minimum Gasteiger partial charge on any atom is -0.480 e. The lowest BCUT2D eigenvalue weighted by atomic mass is 10.5. The van der Waals surface area contributed by atoms with Crippen LogP contribution in [0.1, 0.15) is 0 Å². The Morgan fingerprint density at radius 3 is 3.06 bits per heavy atom. The van der Waals surface area contributed by atoms with Gasteiger partial charge in [0.25, 0.3) is 0 Å². The largest absolute Gasteiger partial charge is 0.480 e. The minimum atomic E-state index is -1.01. The van der Waals surface area contributed by atoms with E-state index in [1.807, 2.05) is 0 Å². The molecule has 0 radical (unpaired) electrons. The van der Waals surface area contributed by atoms with E-state index in [-0.39, 0.29) is 13.2 Å². The number of nitrogens with one attached hydrogen (secondary N) is 1. The van der Waals surface area contributed by atoms with Crippen LogP contribution in [0.5, 0.6) is 0 Å². The fraction of sp³-hybridized carbons (Fsp3) is 0.222. The number of anilines is 1. The lowest BCUT2D eigenvalue weighted by molar-refractivity contribution is -0.137. The van der Waals surface area contributed by atoms with Crippen molar-refractivity contribution in [3.05, 3.63) is 25.0 Å². The highest BCUT2D eigenvalue weighted by Gasteiger charge is 2.06. The van der Waals surface area contributed by atoms with Crippen molar-refractivity contribution in [3.8, 4) is 0 Å². The summed E-state index contributed by atoms with van der Waals surface area (Å²) in [6, 6.07) is 0. The molecule has 0 saturated carbocycles. The third-order valence-electron chi connectivity index (χ3n) is 1.51. The maximum Gasteiger partial charge on any atom is 0.412 e. The summed E-state index contributed by atoms with van der Waals surface area (Å²) >= 11 is 0. The molecular formula is C9H11N3O4. The molecule has 7 heteroatoms. The summed E-state index contributed by atoms with van der Waals surface area (Å²) in [5.74, 6) is -1.01. The number of carboxylic acid groups (broad SMARTS) is 1. The molecule has 1 aromatic heterocycles. The summed E-state index contributed by atoms with van der Waals surface area (Å²) < 4.78 is 5.85. The maximum atomic E-state index is 11.1. The van der Waals surface area contributed by atoms with Crippen molar-refractivity contribution in [2.24, 2.45) is 0 Å². The molecule has 86 valence electrons. The molecular weight excluding hydrogens is 214 g/mol. The Morgan fingerprint density at radius 1 is 1.69 bits per heavy atom. The molecule has 0 spiro atoms. The van der Waals surface area contributed by atoms with Gasteiger partial charge >= 0.3 is 12.1 Å². The van der Waals surface area contributed by atoms with E-state index in [1.165, 1.54) is 23.2 Å². The molecule has 1 amide bonds. The van der Waals surface area contributed by atoms with Crippen LogP contribution in [0.25, 0.3) is 0 Å². The van der Waals surface area contributed by atoms with Crippen molar-refractivity contribution in [2.45, 2.75) is 6.54 Å². The highest BCUT2D eigenvalue weighted by molar-refractivity contribution is 5.84. The van der Waals surface area contributed by atoms with Crippen LogP contribution in [0.2, 0.25) is 0 Å². The molecule has 0 aliphatic carbocycles. The van der Waals surface area contributed by atoms with Gasteiger partial charge in [-0.2, -0.15) is 5.10 Å². The maximum absolute atomic E-state index is 11.1. The Kier molecular flexibility index (Phi) is 4.07. The number of aliphatic carboxylic acids is 1. The van der Waals surface area contributed by atoms with Gasteiger partial charge in [-0.1, -0.05) is 12.7 Å². The molecule has 0 fully saturated rings. The van der Waals surface area contributed by atoms with E-state index in [9.17, 15) is 9.59 Å². The Balaban J connectivity index is 2.48. The smallest absolute Gasteiger partial charge is 0.412 e. The predicted molar refractivity (Wildman–Crippen MR) is 55.0 cm³/mol. The molecule has 0 aliphatic rings. The summed E-state index contributed by atoms with van der Waals surface area (Å²) in [4.78, 5) is 21.4. The summed E-state index contributed by atoms with van der Waals surface area (Å²) in [5, 5.41) is 14.6. The van der Waals surface area contributed by atoms with Gasteiger partial charge in [0.15, 0.2) is 0 Å². The second-order valence-corrected chi connectivity index (χ2v) is 2.83. The van der Waals surface area contributed by atoms with E-state index in [1.54, 1.807) is 0 Å². The first-order valence-electron chi connectivity index (χ1n) is 4.40. The molecule has 0 saturated heterocycles. The van der Waals surface area contributed by atoms with Crippen molar-refractivity contribution in [1.29, 1.82) is 0 Å². The molecule has 7 nitrogen and oxygen atoms in total. The highest BCUT2D eigenvalue weighted by atomic mass is 16.5. The third-order valence-corrected chi connectivity index (χ3v) is 1.51. The Hall–Kier alpha value is -2.31. The summed E-state index contributed by atoms with van der Waals surface area (Å²) in [6.07, 6.45) is 3.52. The molecule has 0 aliphatic heterocycles. The first-order chi connectivity index (χ1) is 7.61. The van der Waals surface area contributed by atoms with Crippen LogP contribution in [-0.2, 0) is 16.1 Å². The van der Waals surface area contributed by atoms with E-state index in [0.29, 0.717) is 5.69 Å². The van der Waals surface area contributed by atoms with Gasteiger partial charge in [-0.3, -0.25) is 14.8 Å². The van der Waals surface area contributed by atoms with Gasteiger partial charge in [0.2, 0.25) is 0 Å². The van der Waals surface area contributed by atoms with Gasteiger partial charge in [0.05, 0.1) is 11.9 Å². The van der Waals surface area contributed by atoms with Crippen molar-refractivity contribution in [2.75, 3.05) is 11.9 Å². The van der Waals surface area contributed by atoms with Crippen molar-refractivity contribution in [1.82, 2.24) is 9.78 Å². The quantitative estimate of drug-likeness (QED) is 0.719. The lowest BCUT2D eigenvalue weighted by Crippen LogP contribution is -2.13. The van der Waals surface area contributed by atoms with E-state index in [0.717, 1.165) is 0 Å². The highest BCUT2D eigenvalue weighted by Crippen LogP contribution is 2.05. The molecule has 0 unspecified atom stereocenters. The molecule has 1 heterocycles. The number of hydrogen-bond donors (Lipinski definition) is 2. The van der Waals surface area contributed by atoms with Crippen LogP contribution >= 0.6 is 0 Å². The Morgan fingerprint density at radius 2 is 2.44 bits per heavy atom. The van der Waals surface area contributed by atoms with Crippen LogP contribution in [-0.4, -0.2) is 33.6 Å². The van der Waals surface area contributed by atoms with E-state index < -0.39 is 12.1 Å². The van der Waals surface area contributed by atoms with Crippen molar-refractivity contribution >= 4 is 17.7 Å². The topological polar surface area (TPSA) is 93.5 Å². The fourth-order valence-corrected chi connectivity index (χ4v) is 0.942. The molecule has 2 N–H and O–H groups in total. The number of aromatic nitrogens is 2. The molecule has 0 bridgehead atoms. The second-order valence-electron chi connectivity index (χ2n) is 2.83. The first-order valence-corrected chi connectivity index (χ1v) is 4.40. The zero-order valence-electron chi connectivity index (χ0n) is 8.42. The van der Waals surface area contributed by atoms with Crippen molar-refractivity contribution < 1.29 is 19.4 Å². The van der Waals surface area contributed by atoms with Gasteiger partial charge in [-0.25, -0.2) is 4.79 Å². The van der Waals surface area contributed by atoms with E-state index >= 15 is 0 Å². The number of carbonyl (C=O) groups excluding carboxylic acids is 1. The molecule has 0 atom stereocenters. The summed E-state index contributed by atoms with van der Waals surface area (Å²) in [5.41, 5.74) is 0.371. The number of carboxylic acids is 1. The zero-order chi connectivity index (χ0) is 12.0. The molecule has 16 heavy (non-hydrogen) atoms. The van der Waals surface area contributed by atoms with Crippen molar-refractivity contribution in [3.63, 3.8) is 0 Å². The van der Waals surface area contributed by atoms with Gasteiger partial charge in [-0.15, -0.1) is 0 Å². The SMILES string of the molecule is C=CCOC(=O)Nc1cnn(CC(=O)O)c1. The monoisotopic (exact) mass is 225 g/mol. The molecule has 1 aromatic rings. The van der Waals surface area contributed by atoms with Crippen LogP contribution < -0.4 is 5.32 Å². The van der Waals surface area contributed by atoms with Crippen LogP contribution in [0.4, 0.5) is 10.5 Å². The lowest BCUT2D eigenvalue weighted by Gasteiger charge is -2.01. The van der Waals surface area contributed by atoms with Crippen LogP contribution in [0.15, 0.2) is 25.0 Å². The number of hydrogen-bond acceptors (Lipinski definition) is 4. The Bertz CT molecular complexity index is 399. The standard InChI is InChI=1S/C9H11N3O4/c1-2-3-16-9(15)11-7-4-10-12(5-7)6-8(13)14/h2,4-5H,1,3,6H2,(H,11,15)(H,13,14). The van der Waals surface area contributed by atoms with E-state index in [2.05, 4.69) is 21.7 Å². The summed E-state index contributed by atoms with van der Waals surface area (Å²) in [7, 11) is 0. The van der Waals surface area contributed by atoms with E-state index in [4.69, 9.17) is 5.11 Å². The van der Waals surface area contributed by atoms with Crippen LogP contribution in [0, 0.1) is 0 Å². The van der Waals surface area contributed by atoms with Gasteiger partial charge in [0, 0.05) is 6.20 Å². The number of amides is 1. The molecule has 1 rings (SSSR count). The second kappa shape index (κ2) is 5.54. The number of ether oxygens (including phenoxy) is 1. The van der Waals surface area contributed by atoms with Crippen LogP contribution in [0.3, 0.4) is 0 Å².